The van der Waals surface area contributed by atoms with E-state index >= 15 is 0 Å². The minimum absolute atomic E-state index is 0.0914. The molecule has 1 aliphatic rings. The number of hydrogen-bond donors (Lipinski definition) is 1. The number of hydrogen-bond acceptors (Lipinski definition) is 3. The maximum atomic E-state index is 5.98. The SMILES string of the molecule is CC(C)Oc1ccccc1N1C(C)CNCC1(C)C. The molecule has 0 aromatic heterocycles. The molecular formula is C16H26N2O. The van der Waals surface area contributed by atoms with Crippen molar-refractivity contribution in [3.8, 4) is 5.75 Å². The van der Waals surface area contributed by atoms with Gasteiger partial charge in [-0.25, -0.2) is 0 Å². The van der Waals surface area contributed by atoms with Gasteiger partial charge in [-0.15, -0.1) is 0 Å². The summed E-state index contributed by atoms with van der Waals surface area (Å²) in [5.74, 6) is 0.985. The first-order chi connectivity index (χ1) is 8.92. The zero-order valence-electron chi connectivity index (χ0n) is 12.7. The molecule has 1 unspecified atom stereocenters. The van der Waals surface area contributed by atoms with E-state index in [0.29, 0.717) is 6.04 Å². The Bertz CT molecular complexity index is 429. The van der Waals surface area contributed by atoms with Crippen LogP contribution >= 0.6 is 0 Å². The third-order valence-corrected chi connectivity index (χ3v) is 3.58. The molecule has 106 valence electrons. The van der Waals surface area contributed by atoms with Crippen LogP contribution in [0.1, 0.15) is 34.6 Å². The van der Waals surface area contributed by atoms with Gasteiger partial charge in [0.15, 0.2) is 0 Å². The van der Waals surface area contributed by atoms with E-state index in [1.807, 2.05) is 6.07 Å². The molecule has 1 aromatic carbocycles. The van der Waals surface area contributed by atoms with Crippen molar-refractivity contribution in [1.82, 2.24) is 5.32 Å². The lowest BCUT2D eigenvalue weighted by molar-refractivity contribution is 0.239. The second-order valence-corrected chi connectivity index (χ2v) is 6.30. The maximum absolute atomic E-state index is 5.98. The number of ether oxygens (including phenoxy) is 1. The molecular weight excluding hydrogens is 236 g/mol. The highest BCUT2D eigenvalue weighted by Crippen LogP contribution is 2.36. The number of nitrogens with one attached hydrogen (secondary N) is 1. The molecule has 1 atom stereocenters. The summed E-state index contributed by atoms with van der Waals surface area (Å²) in [6.45, 7) is 13.0. The molecule has 0 radical (unpaired) electrons. The summed E-state index contributed by atoms with van der Waals surface area (Å²) in [6, 6.07) is 8.83. The van der Waals surface area contributed by atoms with Crippen LogP contribution in [0, 0.1) is 0 Å². The molecule has 0 spiro atoms. The summed E-state index contributed by atoms with van der Waals surface area (Å²) in [7, 11) is 0. The Kier molecular flexibility index (Phi) is 4.04. The molecule has 1 N–H and O–H groups in total. The molecule has 2 rings (SSSR count). The smallest absolute Gasteiger partial charge is 0.143 e. The molecule has 0 aliphatic carbocycles. The van der Waals surface area contributed by atoms with Crippen LogP contribution in [0.15, 0.2) is 24.3 Å². The first-order valence-electron chi connectivity index (χ1n) is 7.17. The monoisotopic (exact) mass is 262 g/mol. The van der Waals surface area contributed by atoms with E-state index in [9.17, 15) is 0 Å². The Balaban J connectivity index is 2.38. The second kappa shape index (κ2) is 5.41. The van der Waals surface area contributed by atoms with E-state index in [1.54, 1.807) is 0 Å². The van der Waals surface area contributed by atoms with E-state index in [-0.39, 0.29) is 11.6 Å². The Morgan fingerprint density at radius 1 is 1.32 bits per heavy atom. The van der Waals surface area contributed by atoms with Gasteiger partial charge in [-0.2, -0.15) is 0 Å². The average Bonchev–Trinajstić information content (AvgIpc) is 2.29. The van der Waals surface area contributed by atoms with Crippen molar-refractivity contribution in [2.45, 2.75) is 52.3 Å². The number of rotatable bonds is 3. The van der Waals surface area contributed by atoms with Gasteiger partial charge in [-0.1, -0.05) is 12.1 Å². The quantitative estimate of drug-likeness (QED) is 0.906. The van der Waals surface area contributed by atoms with Gasteiger partial charge in [-0.05, 0) is 46.8 Å². The molecule has 3 nitrogen and oxygen atoms in total. The largest absolute Gasteiger partial charge is 0.489 e. The van der Waals surface area contributed by atoms with Crippen molar-refractivity contribution in [2.24, 2.45) is 0 Å². The molecule has 0 saturated carbocycles. The van der Waals surface area contributed by atoms with Crippen molar-refractivity contribution < 1.29 is 4.74 Å². The standard InChI is InChI=1S/C16H26N2O/c1-12(2)19-15-9-7-6-8-14(15)18-13(3)10-17-11-16(18,4)5/h6-9,12-13,17H,10-11H2,1-5H3. The Morgan fingerprint density at radius 3 is 2.63 bits per heavy atom. The summed E-state index contributed by atoms with van der Waals surface area (Å²) in [6.07, 6.45) is 0.197. The molecule has 1 heterocycles. The van der Waals surface area contributed by atoms with E-state index in [0.717, 1.165) is 18.8 Å². The van der Waals surface area contributed by atoms with Crippen molar-refractivity contribution in [2.75, 3.05) is 18.0 Å². The Labute approximate surface area is 116 Å². The number of benzene rings is 1. The Morgan fingerprint density at radius 2 is 2.00 bits per heavy atom. The minimum atomic E-state index is 0.0914. The Hall–Kier alpha value is -1.22. The lowest BCUT2D eigenvalue weighted by atomic mass is 9.95. The number of para-hydroxylation sites is 2. The van der Waals surface area contributed by atoms with Gasteiger partial charge in [0.2, 0.25) is 0 Å². The summed E-state index contributed by atoms with van der Waals surface area (Å²) < 4.78 is 5.98. The summed E-state index contributed by atoms with van der Waals surface area (Å²) >= 11 is 0. The van der Waals surface area contributed by atoms with Crippen LogP contribution in [0.4, 0.5) is 5.69 Å². The highest BCUT2D eigenvalue weighted by atomic mass is 16.5. The van der Waals surface area contributed by atoms with Gasteiger partial charge in [-0.3, -0.25) is 0 Å². The van der Waals surface area contributed by atoms with Gasteiger partial charge in [0.05, 0.1) is 11.8 Å². The average molecular weight is 262 g/mol. The number of nitrogens with zero attached hydrogens (tertiary/aromatic N) is 1. The summed E-state index contributed by atoms with van der Waals surface area (Å²) in [5.41, 5.74) is 1.30. The van der Waals surface area contributed by atoms with Crippen LogP contribution < -0.4 is 15.0 Å². The third-order valence-electron chi connectivity index (χ3n) is 3.58. The maximum Gasteiger partial charge on any atom is 0.143 e. The third kappa shape index (κ3) is 3.03. The van der Waals surface area contributed by atoms with E-state index in [2.05, 4.69) is 63.0 Å². The van der Waals surface area contributed by atoms with Crippen LogP contribution in [0.2, 0.25) is 0 Å². The van der Waals surface area contributed by atoms with Crippen molar-refractivity contribution in [3.05, 3.63) is 24.3 Å². The second-order valence-electron chi connectivity index (χ2n) is 6.30. The van der Waals surface area contributed by atoms with Crippen LogP contribution in [0.5, 0.6) is 5.75 Å². The molecule has 19 heavy (non-hydrogen) atoms. The molecule has 1 fully saturated rings. The molecule has 1 saturated heterocycles. The zero-order valence-corrected chi connectivity index (χ0v) is 12.7. The molecule has 1 aliphatic heterocycles. The van der Waals surface area contributed by atoms with Gasteiger partial charge < -0.3 is 15.0 Å². The van der Waals surface area contributed by atoms with Crippen molar-refractivity contribution in [3.63, 3.8) is 0 Å². The fourth-order valence-corrected chi connectivity index (χ4v) is 2.93. The number of anilines is 1. The van der Waals surface area contributed by atoms with E-state index in [4.69, 9.17) is 4.74 Å². The summed E-state index contributed by atoms with van der Waals surface area (Å²) in [4.78, 5) is 2.49. The predicted molar refractivity (Wildman–Crippen MR) is 81.1 cm³/mol. The molecule has 1 aromatic rings. The van der Waals surface area contributed by atoms with Crippen LogP contribution in [-0.4, -0.2) is 30.8 Å². The first kappa shape index (κ1) is 14.2. The van der Waals surface area contributed by atoms with Crippen molar-refractivity contribution >= 4 is 5.69 Å². The van der Waals surface area contributed by atoms with Gasteiger partial charge in [0.25, 0.3) is 0 Å². The van der Waals surface area contributed by atoms with Gasteiger partial charge in [0.1, 0.15) is 5.75 Å². The van der Waals surface area contributed by atoms with Gasteiger partial charge >= 0.3 is 0 Å². The fourth-order valence-electron chi connectivity index (χ4n) is 2.93. The van der Waals surface area contributed by atoms with Gasteiger partial charge in [0, 0.05) is 24.7 Å². The van der Waals surface area contributed by atoms with E-state index in [1.165, 1.54) is 5.69 Å². The first-order valence-corrected chi connectivity index (χ1v) is 7.17. The number of piperazine rings is 1. The van der Waals surface area contributed by atoms with Crippen LogP contribution in [0.3, 0.4) is 0 Å². The normalized spacial score (nSPS) is 22.6. The van der Waals surface area contributed by atoms with E-state index < -0.39 is 0 Å². The predicted octanol–water partition coefficient (Wildman–Crippen LogP) is 3.05. The highest BCUT2D eigenvalue weighted by Gasteiger charge is 2.35. The zero-order chi connectivity index (χ0) is 14.0. The highest BCUT2D eigenvalue weighted by molar-refractivity contribution is 5.61. The van der Waals surface area contributed by atoms with Crippen LogP contribution in [0.25, 0.3) is 0 Å². The lowest BCUT2D eigenvalue weighted by Gasteiger charge is -2.49. The molecule has 0 bridgehead atoms. The molecule has 3 heteroatoms. The summed E-state index contributed by atoms with van der Waals surface area (Å²) in [5, 5.41) is 3.50. The topological polar surface area (TPSA) is 24.5 Å². The lowest BCUT2D eigenvalue weighted by Crippen LogP contribution is -2.62. The fraction of sp³-hybridized carbons (Fsp3) is 0.625. The van der Waals surface area contributed by atoms with Crippen LogP contribution in [-0.2, 0) is 0 Å². The van der Waals surface area contributed by atoms with Crippen molar-refractivity contribution in [1.29, 1.82) is 0 Å². The minimum Gasteiger partial charge on any atom is -0.489 e. The molecule has 0 amide bonds.